The van der Waals surface area contributed by atoms with E-state index >= 15 is 0 Å². The number of nitriles is 1. The monoisotopic (exact) mass is 369 g/mol. The van der Waals surface area contributed by atoms with Crippen molar-refractivity contribution in [3.8, 4) is 17.6 Å². The van der Waals surface area contributed by atoms with E-state index in [-0.39, 0.29) is 5.78 Å². The van der Waals surface area contributed by atoms with Gasteiger partial charge in [-0.2, -0.15) is 5.26 Å². The van der Waals surface area contributed by atoms with Crippen LogP contribution in [-0.4, -0.2) is 55.4 Å². The highest BCUT2D eigenvalue weighted by Gasteiger charge is 2.17. The van der Waals surface area contributed by atoms with Gasteiger partial charge in [-0.15, -0.1) is 0 Å². The number of ketones is 1. The Kier molecular flexibility index (Phi) is 5.89. The molecule has 0 N–H and O–H groups in total. The Hall–Kier alpha value is -2.39. The van der Waals surface area contributed by atoms with Gasteiger partial charge in [0.05, 0.1) is 11.6 Å². The number of hydrogen-bond acceptors (Lipinski definition) is 5. The maximum Gasteiger partial charge on any atom is 0.176 e. The lowest BCUT2D eigenvalue weighted by Crippen LogP contribution is -2.46. The van der Waals surface area contributed by atoms with Gasteiger partial charge >= 0.3 is 0 Å². The zero-order chi connectivity index (χ0) is 18.5. The fourth-order valence-electron chi connectivity index (χ4n) is 2.83. The predicted octanol–water partition coefficient (Wildman–Crippen LogP) is 3.43. The predicted molar refractivity (Wildman–Crippen MR) is 101 cm³/mol. The van der Waals surface area contributed by atoms with Crippen LogP contribution in [0, 0.1) is 11.3 Å². The van der Waals surface area contributed by atoms with Crippen LogP contribution in [0.15, 0.2) is 42.5 Å². The molecule has 3 rings (SSSR count). The lowest BCUT2D eigenvalue weighted by atomic mass is 10.1. The molecule has 5 nitrogen and oxygen atoms in total. The van der Waals surface area contributed by atoms with Crippen molar-refractivity contribution >= 4 is 17.4 Å². The molecule has 2 aromatic rings. The fourth-order valence-corrected chi connectivity index (χ4v) is 3.04. The van der Waals surface area contributed by atoms with Crippen LogP contribution in [0.5, 0.6) is 11.5 Å². The third-order valence-electron chi connectivity index (χ3n) is 4.45. The van der Waals surface area contributed by atoms with Crippen LogP contribution in [0.2, 0.25) is 5.02 Å². The summed E-state index contributed by atoms with van der Waals surface area (Å²) in [5.41, 5.74) is 0.951. The summed E-state index contributed by atoms with van der Waals surface area (Å²) in [7, 11) is 2.09. The molecular weight excluding hydrogens is 350 g/mol. The number of Topliss-reactive ketones (excluding diaryl/α,β-unsaturated/α-hetero) is 1. The molecular formula is C20H20ClN3O2. The van der Waals surface area contributed by atoms with Crippen molar-refractivity contribution < 1.29 is 9.53 Å². The summed E-state index contributed by atoms with van der Waals surface area (Å²) in [6, 6.07) is 14.1. The van der Waals surface area contributed by atoms with Crippen molar-refractivity contribution in [2.45, 2.75) is 0 Å². The third kappa shape index (κ3) is 4.41. The lowest BCUT2D eigenvalue weighted by Gasteiger charge is -2.31. The normalized spacial score (nSPS) is 15.4. The van der Waals surface area contributed by atoms with Gasteiger partial charge in [-0.05, 0) is 43.4 Å². The first kappa shape index (κ1) is 18.4. The van der Waals surface area contributed by atoms with Crippen LogP contribution in [0.4, 0.5) is 0 Å². The summed E-state index contributed by atoms with van der Waals surface area (Å²) >= 11 is 6.01. The van der Waals surface area contributed by atoms with Crippen LogP contribution >= 0.6 is 11.6 Å². The van der Waals surface area contributed by atoms with Crippen LogP contribution < -0.4 is 4.74 Å². The number of carbonyl (C=O) groups excluding carboxylic acids is 1. The fraction of sp³-hybridized carbons (Fsp3) is 0.300. The van der Waals surface area contributed by atoms with Crippen molar-refractivity contribution in [2.75, 3.05) is 39.8 Å². The smallest absolute Gasteiger partial charge is 0.176 e. The maximum atomic E-state index is 12.5. The topological polar surface area (TPSA) is 56.6 Å². The number of benzene rings is 2. The van der Waals surface area contributed by atoms with Gasteiger partial charge in [0, 0.05) is 31.7 Å². The van der Waals surface area contributed by atoms with Gasteiger partial charge in [0.15, 0.2) is 5.78 Å². The second-order valence-electron chi connectivity index (χ2n) is 6.35. The van der Waals surface area contributed by atoms with Crippen molar-refractivity contribution in [1.82, 2.24) is 9.80 Å². The molecule has 6 heteroatoms. The number of piperazine rings is 1. The van der Waals surface area contributed by atoms with Crippen molar-refractivity contribution in [2.24, 2.45) is 0 Å². The molecule has 0 saturated carbocycles. The molecule has 2 aromatic carbocycles. The zero-order valence-corrected chi connectivity index (χ0v) is 15.4. The number of rotatable bonds is 5. The van der Waals surface area contributed by atoms with Gasteiger partial charge in [0.2, 0.25) is 0 Å². The molecule has 134 valence electrons. The molecule has 0 bridgehead atoms. The highest BCUT2D eigenvalue weighted by molar-refractivity contribution is 6.31. The van der Waals surface area contributed by atoms with E-state index in [1.165, 1.54) is 0 Å². The summed E-state index contributed by atoms with van der Waals surface area (Å²) in [6.07, 6.45) is 0. The number of halogens is 1. The first-order valence-corrected chi connectivity index (χ1v) is 8.85. The number of ether oxygens (including phenoxy) is 1. The maximum absolute atomic E-state index is 12.5. The molecule has 26 heavy (non-hydrogen) atoms. The minimum Gasteiger partial charge on any atom is -0.456 e. The molecule has 0 unspecified atom stereocenters. The van der Waals surface area contributed by atoms with E-state index in [1.54, 1.807) is 42.5 Å². The first-order chi connectivity index (χ1) is 12.6. The summed E-state index contributed by atoms with van der Waals surface area (Å²) in [5.74, 6) is 1.05. The Labute approximate surface area is 158 Å². The minimum absolute atomic E-state index is 0.0987. The largest absolute Gasteiger partial charge is 0.456 e. The van der Waals surface area contributed by atoms with E-state index < -0.39 is 0 Å². The molecule has 1 aliphatic heterocycles. The van der Waals surface area contributed by atoms with E-state index in [0.29, 0.717) is 34.2 Å². The molecule has 1 aliphatic rings. The van der Waals surface area contributed by atoms with E-state index in [2.05, 4.69) is 16.8 Å². The Balaban J connectivity index is 1.64. The van der Waals surface area contributed by atoms with Gasteiger partial charge in [-0.3, -0.25) is 9.69 Å². The molecule has 1 saturated heterocycles. The molecule has 0 atom stereocenters. The molecule has 1 heterocycles. The number of carbonyl (C=O) groups is 1. The number of nitrogens with zero attached hydrogens (tertiary/aromatic N) is 3. The summed E-state index contributed by atoms with van der Waals surface area (Å²) < 4.78 is 5.74. The zero-order valence-electron chi connectivity index (χ0n) is 14.6. The molecule has 0 aliphatic carbocycles. The summed E-state index contributed by atoms with van der Waals surface area (Å²) in [6.45, 7) is 4.23. The van der Waals surface area contributed by atoms with Gasteiger partial charge in [-0.25, -0.2) is 0 Å². The Morgan fingerprint density at radius 2 is 1.85 bits per heavy atom. The van der Waals surface area contributed by atoms with E-state index in [4.69, 9.17) is 16.3 Å². The molecule has 0 radical (unpaired) electrons. The van der Waals surface area contributed by atoms with Crippen LogP contribution in [0.25, 0.3) is 0 Å². The van der Waals surface area contributed by atoms with E-state index in [1.807, 2.05) is 6.07 Å². The highest BCUT2D eigenvalue weighted by atomic mass is 35.5. The third-order valence-corrected chi connectivity index (χ3v) is 4.77. The standard InChI is InChI=1S/C20H20ClN3O2/c1-23-9-11-24(12-10-23)14-19(25)15-5-7-16(8-6-15)26-20-4-2-3-18(21)17(20)13-22/h2-8H,9-12,14H2,1H3. The molecule has 0 aromatic heterocycles. The molecule has 1 fully saturated rings. The van der Waals surface area contributed by atoms with E-state index in [9.17, 15) is 10.1 Å². The molecule has 0 amide bonds. The van der Waals surface area contributed by atoms with Crippen LogP contribution in [0.3, 0.4) is 0 Å². The lowest BCUT2D eigenvalue weighted by molar-refractivity contribution is 0.0876. The Morgan fingerprint density at radius 1 is 1.15 bits per heavy atom. The van der Waals surface area contributed by atoms with Crippen molar-refractivity contribution in [3.63, 3.8) is 0 Å². The second-order valence-corrected chi connectivity index (χ2v) is 6.76. The number of likely N-dealkylation sites (N-methyl/N-ethyl adjacent to an activating group) is 1. The summed E-state index contributed by atoms with van der Waals surface area (Å²) in [5, 5.41) is 9.55. The van der Waals surface area contributed by atoms with Crippen molar-refractivity contribution in [1.29, 1.82) is 5.26 Å². The Morgan fingerprint density at radius 3 is 2.50 bits per heavy atom. The minimum atomic E-state index is 0.0987. The first-order valence-electron chi connectivity index (χ1n) is 8.47. The van der Waals surface area contributed by atoms with Crippen LogP contribution in [-0.2, 0) is 0 Å². The Bertz CT molecular complexity index is 822. The number of hydrogen-bond donors (Lipinski definition) is 0. The van der Waals surface area contributed by atoms with Crippen molar-refractivity contribution in [3.05, 3.63) is 58.6 Å². The second kappa shape index (κ2) is 8.33. The average Bonchev–Trinajstić information content (AvgIpc) is 2.64. The van der Waals surface area contributed by atoms with E-state index in [0.717, 1.165) is 26.2 Å². The van der Waals surface area contributed by atoms with Gasteiger partial charge < -0.3 is 9.64 Å². The molecule has 0 spiro atoms. The van der Waals surface area contributed by atoms with Gasteiger partial charge in [-0.1, -0.05) is 17.7 Å². The highest BCUT2D eigenvalue weighted by Crippen LogP contribution is 2.29. The van der Waals surface area contributed by atoms with Crippen LogP contribution in [0.1, 0.15) is 15.9 Å². The average molecular weight is 370 g/mol. The van der Waals surface area contributed by atoms with Gasteiger partial charge in [0.25, 0.3) is 0 Å². The quantitative estimate of drug-likeness (QED) is 0.756. The summed E-state index contributed by atoms with van der Waals surface area (Å²) in [4.78, 5) is 16.9. The van der Waals surface area contributed by atoms with Gasteiger partial charge in [0.1, 0.15) is 23.1 Å². The SMILES string of the molecule is CN1CCN(CC(=O)c2ccc(Oc3cccc(Cl)c3C#N)cc2)CC1.